The van der Waals surface area contributed by atoms with Crippen LogP contribution in [0.4, 0.5) is 0 Å². The van der Waals surface area contributed by atoms with Gasteiger partial charge < -0.3 is 0 Å². The van der Waals surface area contributed by atoms with E-state index in [0.29, 0.717) is 27.8 Å². The Bertz CT molecular complexity index is 678. The van der Waals surface area contributed by atoms with Crippen LogP contribution in [0.1, 0.15) is 5.82 Å². The lowest BCUT2D eigenvalue weighted by Crippen LogP contribution is -2.01. The Labute approximate surface area is 101 Å². The fourth-order valence-electron chi connectivity index (χ4n) is 1.55. The van der Waals surface area contributed by atoms with Crippen LogP contribution < -0.4 is 0 Å². The number of halogens is 1. The summed E-state index contributed by atoms with van der Waals surface area (Å²) in [5.41, 5.74) is 0.640. The number of rotatable bonds is 1. The van der Waals surface area contributed by atoms with Crippen LogP contribution >= 0.6 is 11.6 Å². The van der Waals surface area contributed by atoms with Crippen molar-refractivity contribution in [1.82, 2.24) is 29.7 Å². The smallest absolute Gasteiger partial charge is 0.169 e. The molecular weight excluding hydrogens is 240 g/mol. The molecule has 0 radical (unpaired) electrons. The van der Waals surface area contributed by atoms with Gasteiger partial charge >= 0.3 is 0 Å². The third kappa shape index (κ3) is 1.62. The Balaban J connectivity index is 2.32. The molecule has 3 rings (SSSR count). The Morgan fingerprint density at radius 1 is 1.29 bits per heavy atom. The van der Waals surface area contributed by atoms with E-state index in [9.17, 15) is 0 Å². The molecule has 6 nitrogen and oxygen atoms in total. The van der Waals surface area contributed by atoms with Gasteiger partial charge in [0.2, 0.25) is 0 Å². The molecule has 84 valence electrons. The predicted molar refractivity (Wildman–Crippen MR) is 62.0 cm³/mol. The number of aromatic nitrogens is 6. The molecule has 0 N–H and O–H groups in total. The van der Waals surface area contributed by atoms with Gasteiger partial charge in [0, 0.05) is 12.3 Å². The lowest BCUT2D eigenvalue weighted by atomic mass is 10.4. The summed E-state index contributed by atoms with van der Waals surface area (Å²) in [7, 11) is 0. The standard InChI is InChI=1S/C10H7ClN6/c1-6-15-9(11)7-4-14-17(10(7)16-6)8-2-3-12-5-13-8/h2-5H,1H3. The molecule has 3 heterocycles. The molecule has 0 saturated carbocycles. The summed E-state index contributed by atoms with van der Waals surface area (Å²) >= 11 is 6.03. The summed E-state index contributed by atoms with van der Waals surface area (Å²) in [4.78, 5) is 16.4. The topological polar surface area (TPSA) is 69.4 Å². The van der Waals surface area contributed by atoms with Crippen LogP contribution in [0.15, 0.2) is 24.8 Å². The molecule has 0 unspecified atom stereocenters. The van der Waals surface area contributed by atoms with Gasteiger partial charge in [-0.3, -0.25) is 0 Å². The molecule has 3 aromatic rings. The Morgan fingerprint density at radius 2 is 2.18 bits per heavy atom. The van der Waals surface area contributed by atoms with Gasteiger partial charge in [-0.05, 0) is 6.92 Å². The van der Waals surface area contributed by atoms with E-state index >= 15 is 0 Å². The van der Waals surface area contributed by atoms with Gasteiger partial charge in [-0.15, -0.1) is 0 Å². The monoisotopic (exact) mass is 246 g/mol. The normalized spacial score (nSPS) is 10.9. The maximum atomic E-state index is 6.03. The molecule has 0 bridgehead atoms. The van der Waals surface area contributed by atoms with Crippen molar-refractivity contribution in [2.75, 3.05) is 0 Å². The van der Waals surface area contributed by atoms with Gasteiger partial charge in [0.05, 0.1) is 11.6 Å². The first kappa shape index (κ1) is 10.1. The molecule has 3 aromatic heterocycles. The Hall–Kier alpha value is -2.08. The third-order valence-corrected chi connectivity index (χ3v) is 2.57. The highest BCUT2D eigenvalue weighted by Crippen LogP contribution is 2.21. The van der Waals surface area contributed by atoms with Gasteiger partial charge in [-0.1, -0.05) is 11.6 Å². The minimum atomic E-state index is 0.396. The number of aryl methyl sites for hydroxylation is 1. The average molecular weight is 247 g/mol. The zero-order valence-corrected chi connectivity index (χ0v) is 9.63. The van der Waals surface area contributed by atoms with E-state index in [1.807, 2.05) is 0 Å². The van der Waals surface area contributed by atoms with Crippen molar-refractivity contribution < 1.29 is 0 Å². The molecule has 17 heavy (non-hydrogen) atoms. The van der Waals surface area contributed by atoms with Gasteiger partial charge in [0.25, 0.3) is 0 Å². The van der Waals surface area contributed by atoms with Gasteiger partial charge in [-0.25, -0.2) is 19.9 Å². The first-order chi connectivity index (χ1) is 8.25. The minimum absolute atomic E-state index is 0.396. The summed E-state index contributed by atoms with van der Waals surface area (Å²) in [6.07, 6.45) is 4.73. The molecule has 0 aromatic carbocycles. The maximum absolute atomic E-state index is 6.03. The largest absolute Gasteiger partial charge is 0.245 e. The van der Waals surface area contributed by atoms with Gasteiger partial charge in [0.1, 0.15) is 17.3 Å². The number of nitrogens with zero attached hydrogens (tertiary/aromatic N) is 6. The lowest BCUT2D eigenvalue weighted by Gasteiger charge is -2.01. The average Bonchev–Trinajstić information content (AvgIpc) is 2.74. The molecule has 0 atom stereocenters. The summed E-state index contributed by atoms with van der Waals surface area (Å²) in [6.45, 7) is 1.78. The lowest BCUT2D eigenvalue weighted by molar-refractivity contribution is 0.850. The van der Waals surface area contributed by atoms with Crippen molar-refractivity contribution in [3.05, 3.63) is 35.8 Å². The van der Waals surface area contributed by atoms with E-state index in [2.05, 4.69) is 25.0 Å². The highest BCUT2D eigenvalue weighted by atomic mass is 35.5. The van der Waals surface area contributed by atoms with Crippen molar-refractivity contribution in [1.29, 1.82) is 0 Å². The number of hydrogen-bond acceptors (Lipinski definition) is 5. The van der Waals surface area contributed by atoms with Crippen LogP contribution in [0.25, 0.3) is 16.9 Å². The Kier molecular flexibility index (Phi) is 2.22. The van der Waals surface area contributed by atoms with Crippen LogP contribution in [-0.2, 0) is 0 Å². The fraction of sp³-hybridized carbons (Fsp3) is 0.100. The summed E-state index contributed by atoms with van der Waals surface area (Å²) < 4.78 is 1.61. The van der Waals surface area contributed by atoms with Gasteiger partial charge in [-0.2, -0.15) is 9.78 Å². The van der Waals surface area contributed by atoms with Crippen LogP contribution in [0.2, 0.25) is 5.15 Å². The predicted octanol–water partition coefficient (Wildman–Crippen LogP) is 1.57. The van der Waals surface area contributed by atoms with Gasteiger partial charge in [0.15, 0.2) is 11.5 Å². The molecule has 0 amide bonds. The molecular formula is C10H7ClN6. The van der Waals surface area contributed by atoms with E-state index in [1.165, 1.54) is 6.33 Å². The van der Waals surface area contributed by atoms with Crippen LogP contribution in [0, 0.1) is 6.92 Å². The third-order valence-electron chi connectivity index (χ3n) is 2.28. The molecule has 0 spiro atoms. The molecule has 0 fully saturated rings. The fourth-order valence-corrected chi connectivity index (χ4v) is 1.81. The van der Waals surface area contributed by atoms with Crippen LogP contribution in [-0.4, -0.2) is 29.7 Å². The van der Waals surface area contributed by atoms with Crippen LogP contribution in [0.5, 0.6) is 0 Å². The highest BCUT2D eigenvalue weighted by Gasteiger charge is 2.11. The zero-order valence-electron chi connectivity index (χ0n) is 8.87. The second kappa shape index (κ2) is 3.74. The molecule has 0 aliphatic rings. The number of hydrogen-bond donors (Lipinski definition) is 0. The van der Waals surface area contributed by atoms with Crippen molar-refractivity contribution in [2.45, 2.75) is 6.92 Å². The second-order valence-electron chi connectivity index (χ2n) is 3.42. The first-order valence-electron chi connectivity index (χ1n) is 4.90. The summed E-state index contributed by atoms with van der Waals surface area (Å²) in [5.74, 6) is 1.24. The zero-order chi connectivity index (χ0) is 11.8. The SMILES string of the molecule is Cc1nc(Cl)c2cnn(-c3ccncn3)c2n1. The van der Waals surface area contributed by atoms with Crippen molar-refractivity contribution >= 4 is 22.6 Å². The molecule has 0 saturated heterocycles. The Morgan fingerprint density at radius 3 is 2.94 bits per heavy atom. The van der Waals surface area contributed by atoms with Crippen molar-refractivity contribution in [2.24, 2.45) is 0 Å². The van der Waals surface area contributed by atoms with E-state index in [0.717, 1.165) is 0 Å². The van der Waals surface area contributed by atoms with E-state index in [1.54, 1.807) is 30.1 Å². The van der Waals surface area contributed by atoms with E-state index in [-0.39, 0.29) is 0 Å². The van der Waals surface area contributed by atoms with Crippen molar-refractivity contribution in [3.63, 3.8) is 0 Å². The molecule has 7 heteroatoms. The van der Waals surface area contributed by atoms with Crippen LogP contribution in [0.3, 0.4) is 0 Å². The second-order valence-corrected chi connectivity index (χ2v) is 3.78. The highest BCUT2D eigenvalue weighted by molar-refractivity contribution is 6.33. The molecule has 0 aliphatic carbocycles. The summed E-state index contributed by atoms with van der Waals surface area (Å²) in [5, 5.41) is 5.31. The van der Waals surface area contributed by atoms with E-state index in [4.69, 9.17) is 11.6 Å². The first-order valence-corrected chi connectivity index (χ1v) is 5.28. The van der Waals surface area contributed by atoms with Crippen molar-refractivity contribution in [3.8, 4) is 5.82 Å². The molecule has 0 aliphatic heterocycles. The minimum Gasteiger partial charge on any atom is -0.245 e. The maximum Gasteiger partial charge on any atom is 0.169 e. The summed E-state index contributed by atoms with van der Waals surface area (Å²) in [6, 6.07) is 1.75. The quantitative estimate of drug-likeness (QED) is 0.610. The number of fused-ring (bicyclic) bond motifs is 1. The van der Waals surface area contributed by atoms with E-state index < -0.39 is 0 Å².